The zero-order valence-corrected chi connectivity index (χ0v) is 6.37. The molecule has 0 aliphatic rings. The van der Waals surface area contributed by atoms with Crippen LogP contribution in [-0.2, 0) is 4.74 Å². The number of aliphatic hydroxyl groups is 3. The van der Waals surface area contributed by atoms with Gasteiger partial charge in [-0.3, -0.25) is 0 Å². The summed E-state index contributed by atoms with van der Waals surface area (Å²) in [6, 6.07) is 0. The van der Waals surface area contributed by atoms with Crippen LogP contribution in [0.1, 0.15) is 0 Å². The van der Waals surface area contributed by atoms with Crippen molar-refractivity contribution in [1.82, 2.24) is 0 Å². The van der Waals surface area contributed by atoms with Crippen molar-refractivity contribution in [3.63, 3.8) is 0 Å². The fraction of sp³-hybridized carbons (Fsp3) is 1.00. The summed E-state index contributed by atoms with van der Waals surface area (Å²) < 4.78 is 4.75. The van der Waals surface area contributed by atoms with Gasteiger partial charge in [0.05, 0.1) is 19.8 Å². The average molecular weight is 168 g/mol. The fourth-order valence-electron chi connectivity index (χ4n) is 0.328. The first-order chi connectivity index (χ1) is 4.70. The van der Waals surface area contributed by atoms with E-state index < -0.39 is 11.5 Å². The van der Waals surface area contributed by atoms with Crippen molar-refractivity contribution in [2.45, 2.75) is 11.5 Å². The predicted molar refractivity (Wildman–Crippen MR) is 38.9 cm³/mol. The summed E-state index contributed by atoms with van der Waals surface area (Å²) in [7, 11) is 0. The van der Waals surface area contributed by atoms with E-state index in [0.717, 1.165) is 0 Å². The lowest BCUT2D eigenvalue weighted by molar-refractivity contribution is -0.0144. The largest absolute Gasteiger partial charge is 0.394 e. The van der Waals surface area contributed by atoms with E-state index in [1.54, 1.807) is 0 Å². The molecule has 0 bridgehead atoms. The topological polar surface area (TPSA) is 69.9 Å². The lowest BCUT2D eigenvalue weighted by Crippen LogP contribution is -2.23. The van der Waals surface area contributed by atoms with Gasteiger partial charge in [0.2, 0.25) is 0 Å². The monoisotopic (exact) mass is 168 g/mol. The lowest BCUT2D eigenvalue weighted by Gasteiger charge is -2.11. The van der Waals surface area contributed by atoms with Crippen LogP contribution in [0.4, 0.5) is 0 Å². The van der Waals surface area contributed by atoms with Crippen molar-refractivity contribution in [2.75, 3.05) is 19.8 Å². The Labute approximate surface area is 64.9 Å². The second kappa shape index (κ2) is 5.94. The van der Waals surface area contributed by atoms with E-state index in [1.807, 2.05) is 0 Å². The first-order valence-corrected chi connectivity index (χ1v) is 3.41. The van der Waals surface area contributed by atoms with Crippen LogP contribution >= 0.6 is 12.6 Å². The Morgan fingerprint density at radius 3 is 2.30 bits per heavy atom. The third-order valence-corrected chi connectivity index (χ3v) is 1.16. The van der Waals surface area contributed by atoms with E-state index >= 15 is 0 Å². The molecule has 0 amide bonds. The second-order valence-electron chi connectivity index (χ2n) is 1.81. The molecule has 0 saturated carbocycles. The van der Waals surface area contributed by atoms with Gasteiger partial charge in [-0.25, -0.2) is 0 Å². The molecular formula is C5H12O4S. The van der Waals surface area contributed by atoms with Gasteiger partial charge < -0.3 is 20.1 Å². The van der Waals surface area contributed by atoms with Crippen LogP contribution in [0.2, 0.25) is 0 Å². The van der Waals surface area contributed by atoms with Crippen LogP contribution in [-0.4, -0.2) is 46.7 Å². The molecule has 10 heavy (non-hydrogen) atoms. The molecule has 0 fully saturated rings. The molecular weight excluding hydrogens is 156 g/mol. The lowest BCUT2D eigenvalue weighted by atomic mass is 10.4. The molecule has 2 atom stereocenters. The van der Waals surface area contributed by atoms with Crippen LogP contribution < -0.4 is 0 Å². The summed E-state index contributed by atoms with van der Waals surface area (Å²) in [5, 5.41) is 25.4. The molecule has 4 nitrogen and oxygen atoms in total. The maximum Gasteiger partial charge on any atom is 0.123 e. The van der Waals surface area contributed by atoms with Crippen LogP contribution in [0.3, 0.4) is 0 Å². The van der Waals surface area contributed by atoms with Crippen LogP contribution in [0.5, 0.6) is 0 Å². The standard InChI is InChI=1S/C5H12O4S/c6-1-4(8)3-9-5(10)2-7/h4-8,10H,1-3H2. The van der Waals surface area contributed by atoms with Gasteiger partial charge in [0.1, 0.15) is 11.5 Å². The molecule has 0 aromatic rings. The Kier molecular flexibility index (Phi) is 6.05. The molecule has 0 saturated heterocycles. The van der Waals surface area contributed by atoms with Gasteiger partial charge in [-0.1, -0.05) is 0 Å². The van der Waals surface area contributed by atoms with Gasteiger partial charge in [-0.15, -0.1) is 12.6 Å². The summed E-state index contributed by atoms with van der Waals surface area (Å²) in [4.78, 5) is 0. The summed E-state index contributed by atoms with van der Waals surface area (Å²) >= 11 is 3.78. The van der Waals surface area contributed by atoms with E-state index in [-0.39, 0.29) is 19.8 Å². The SMILES string of the molecule is OCC(O)COC(S)CO. The molecule has 0 spiro atoms. The second-order valence-corrected chi connectivity index (χ2v) is 2.38. The highest BCUT2D eigenvalue weighted by Gasteiger charge is 2.05. The molecule has 0 aromatic carbocycles. The summed E-state index contributed by atoms with van der Waals surface area (Å²) in [5.74, 6) is 0. The third kappa shape index (κ3) is 5.01. The molecule has 0 heterocycles. The van der Waals surface area contributed by atoms with Crippen LogP contribution in [0, 0.1) is 0 Å². The molecule has 0 rings (SSSR count). The minimum Gasteiger partial charge on any atom is -0.394 e. The Morgan fingerprint density at radius 1 is 1.30 bits per heavy atom. The quantitative estimate of drug-likeness (QED) is 0.301. The van der Waals surface area contributed by atoms with E-state index in [1.165, 1.54) is 0 Å². The molecule has 0 aliphatic carbocycles. The summed E-state index contributed by atoms with van der Waals surface area (Å²) in [6.07, 6.45) is -0.888. The summed E-state index contributed by atoms with van der Waals surface area (Å²) in [5.41, 5.74) is -0.582. The Bertz CT molecular complexity index is 70.0. The number of rotatable bonds is 5. The fourth-order valence-corrected chi connectivity index (χ4v) is 0.414. The molecule has 62 valence electrons. The highest BCUT2D eigenvalue weighted by molar-refractivity contribution is 7.80. The average Bonchev–Trinajstić information content (AvgIpc) is 1.99. The molecule has 0 radical (unpaired) electrons. The molecule has 0 aliphatic heterocycles. The van der Waals surface area contributed by atoms with Gasteiger partial charge in [0.15, 0.2) is 0 Å². The Morgan fingerprint density at radius 2 is 1.90 bits per heavy atom. The van der Waals surface area contributed by atoms with Crippen molar-refractivity contribution >= 4 is 12.6 Å². The maximum absolute atomic E-state index is 8.71. The smallest absolute Gasteiger partial charge is 0.123 e. The number of ether oxygens (including phenoxy) is 1. The Hall–Kier alpha value is 0.190. The van der Waals surface area contributed by atoms with Crippen LogP contribution in [0.15, 0.2) is 0 Å². The molecule has 2 unspecified atom stereocenters. The van der Waals surface area contributed by atoms with Crippen molar-refractivity contribution in [1.29, 1.82) is 0 Å². The van der Waals surface area contributed by atoms with Gasteiger partial charge in [0, 0.05) is 0 Å². The number of hydrogen-bond acceptors (Lipinski definition) is 5. The minimum atomic E-state index is -0.888. The van der Waals surface area contributed by atoms with Crippen molar-refractivity contribution in [3.05, 3.63) is 0 Å². The Balaban J connectivity index is 3.17. The maximum atomic E-state index is 8.71. The highest BCUT2D eigenvalue weighted by Crippen LogP contribution is 1.96. The zero-order valence-electron chi connectivity index (χ0n) is 5.47. The predicted octanol–water partition coefficient (Wildman–Crippen LogP) is -1.40. The zero-order chi connectivity index (χ0) is 7.98. The molecule has 3 N–H and O–H groups in total. The van der Waals surface area contributed by atoms with Crippen molar-refractivity contribution in [3.8, 4) is 0 Å². The van der Waals surface area contributed by atoms with Gasteiger partial charge in [0.25, 0.3) is 0 Å². The summed E-state index contributed by atoms with van der Waals surface area (Å²) in [6.45, 7) is -0.557. The number of aliphatic hydroxyl groups excluding tert-OH is 3. The van der Waals surface area contributed by atoms with Gasteiger partial charge >= 0.3 is 0 Å². The van der Waals surface area contributed by atoms with Crippen molar-refractivity contribution < 1.29 is 20.1 Å². The molecule has 0 aromatic heterocycles. The first kappa shape index (κ1) is 10.2. The van der Waals surface area contributed by atoms with E-state index in [0.29, 0.717) is 0 Å². The van der Waals surface area contributed by atoms with Crippen LogP contribution in [0.25, 0.3) is 0 Å². The van der Waals surface area contributed by atoms with E-state index in [2.05, 4.69) is 12.6 Å². The van der Waals surface area contributed by atoms with Gasteiger partial charge in [-0.2, -0.15) is 0 Å². The third-order valence-electron chi connectivity index (χ3n) is 0.848. The van der Waals surface area contributed by atoms with E-state index in [4.69, 9.17) is 20.1 Å². The first-order valence-electron chi connectivity index (χ1n) is 2.90. The number of hydrogen-bond donors (Lipinski definition) is 4. The minimum absolute atomic E-state index is 0.00870. The molecule has 5 heteroatoms. The van der Waals surface area contributed by atoms with E-state index in [9.17, 15) is 0 Å². The normalized spacial score (nSPS) is 16.8. The van der Waals surface area contributed by atoms with Crippen molar-refractivity contribution in [2.24, 2.45) is 0 Å². The highest BCUT2D eigenvalue weighted by atomic mass is 32.1. The number of thiol groups is 1. The van der Waals surface area contributed by atoms with Gasteiger partial charge in [-0.05, 0) is 0 Å².